The molecule has 1 aliphatic rings. The molecule has 1 atom stereocenters. The van der Waals surface area contributed by atoms with E-state index in [1.54, 1.807) is 24.3 Å². The normalized spacial score (nSPS) is 17.3. The molecule has 0 spiro atoms. The number of hydrogen-bond acceptors (Lipinski definition) is 2. The Labute approximate surface area is 101 Å². The molecule has 1 aliphatic heterocycles. The van der Waals surface area contributed by atoms with Gasteiger partial charge in [0.05, 0.1) is 11.1 Å². The Bertz CT molecular complexity index is 450. The Kier molecular flexibility index (Phi) is 2.57. The molecule has 90 valence electrons. The fourth-order valence-corrected chi connectivity index (χ4v) is 1.95. The van der Waals surface area contributed by atoms with E-state index < -0.39 is 0 Å². The van der Waals surface area contributed by atoms with Crippen molar-refractivity contribution >= 4 is 11.8 Å². The van der Waals surface area contributed by atoms with Gasteiger partial charge in [0.15, 0.2) is 0 Å². The van der Waals surface area contributed by atoms with E-state index in [0.29, 0.717) is 11.1 Å². The molecule has 1 unspecified atom stereocenters. The van der Waals surface area contributed by atoms with Gasteiger partial charge in [-0.05, 0) is 24.5 Å². The molecule has 0 saturated carbocycles. The van der Waals surface area contributed by atoms with Gasteiger partial charge in [-0.1, -0.05) is 32.9 Å². The standard InChI is InChI=1S/C14H17NO2/c1-9(14(2,3)4)15-12(16)10-7-5-6-8-11(10)13(15)17/h5-9H,1-4H3. The van der Waals surface area contributed by atoms with Crippen molar-refractivity contribution in [1.29, 1.82) is 0 Å². The molecular weight excluding hydrogens is 214 g/mol. The highest BCUT2D eigenvalue weighted by Crippen LogP contribution is 2.31. The molecule has 0 aliphatic carbocycles. The average Bonchev–Trinajstić information content (AvgIpc) is 2.51. The van der Waals surface area contributed by atoms with E-state index in [9.17, 15) is 9.59 Å². The predicted octanol–water partition coefficient (Wildman–Crippen LogP) is 2.72. The number of imide groups is 1. The monoisotopic (exact) mass is 231 g/mol. The van der Waals surface area contributed by atoms with Gasteiger partial charge in [-0.2, -0.15) is 0 Å². The highest BCUT2D eigenvalue weighted by Gasteiger charge is 2.41. The van der Waals surface area contributed by atoms with Crippen LogP contribution in [0.5, 0.6) is 0 Å². The smallest absolute Gasteiger partial charge is 0.261 e. The summed E-state index contributed by atoms with van der Waals surface area (Å²) in [6.07, 6.45) is 0. The van der Waals surface area contributed by atoms with Crippen molar-refractivity contribution in [2.75, 3.05) is 0 Å². The zero-order valence-corrected chi connectivity index (χ0v) is 10.7. The summed E-state index contributed by atoms with van der Waals surface area (Å²) in [5.41, 5.74) is 0.926. The van der Waals surface area contributed by atoms with Crippen LogP contribution in [-0.2, 0) is 0 Å². The molecule has 1 aromatic rings. The fraction of sp³-hybridized carbons (Fsp3) is 0.429. The van der Waals surface area contributed by atoms with E-state index in [2.05, 4.69) is 0 Å². The third-order valence-corrected chi connectivity index (χ3v) is 3.47. The molecule has 3 heteroatoms. The molecular formula is C14H17NO2. The van der Waals surface area contributed by atoms with Crippen molar-refractivity contribution in [3.8, 4) is 0 Å². The van der Waals surface area contributed by atoms with Crippen LogP contribution in [0.15, 0.2) is 24.3 Å². The highest BCUT2D eigenvalue weighted by molar-refractivity contribution is 6.21. The number of amides is 2. The first-order valence-corrected chi connectivity index (χ1v) is 5.81. The van der Waals surface area contributed by atoms with Gasteiger partial charge in [-0.3, -0.25) is 14.5 Å². The summed E-state index contributed by atoms with van der Waals surface area (Å²) < 4.78 is 0. The molecule has 17 heavy (non-hydrogen) atoms. The van der Waals surface area contributed by atoms with E-state index in [0.717, 1.165) is 0 Å². The number of carbonyl (C=O) groups is 2. The molecule has 1 aromatic carbocycles. The van der Waals surface area contributed by atoms with Gasteiger partial charge in [-0.15, -0.1) is 0 Å². The topological polar surface area (TPSA) is 37.4 Å². The minimum absolute atomic E-state index is 0.116. The first-order chi connectivity index (χ1) is 7.84. The first-order valence-electron chi connectivity index (χ1n) is 5.81. The highest BCUT2D eigenvalue weighted by atomic mass is 16.2. The fourth-order valence-electron chi connectivity index (χ4n) is 1.95. The van der Waals surface area contributed by atoms with Gasteiger partial charge in [0, 0.05) is 6.04 Å². The molecule has 2 amide bonds. The number of benzene rings is 1. The number of fused-ring (bicyclic) bond motifs is 1. The van der Waals surface area contributed by atoms with Crippen LogP contribution in [0.25, 0.3) is 0 Å². The Balaban J connectivity index is 2.44. The van der Waals surface area contributed by atoms with Crippen molar-refractivity contribution in [2.45, 2.75) is 33.7 Å². The maximum absolute atomic E-state index is 12.2. The van der Waals surface area contributed by atoms with Crippen molar-refractivity contribution in [2.24, 2.45) is 5.41 Å². The van der Waals surface area contributed by atoms with Crippen LogP contribution in [-0.4, -0.2) is 22.8 Å². The Morgan fingerprint density at radius 1 is 1.00 bits per heavy atom. The molecule has 0 fully saturated rings. The molecule has 0 bridgehead atoms. The summed E-state index contributed by atoms with van der Waals surface area (Å²) in [6.45, 7) is 8.01. The Morgan fingerprint density at radius 3 is 1.76 bits per heavy atom. The molecule has 1 heterocycles. The maximum Gasteiger partial charge on any atom is 0.261 e. The van der Waals surface area contributed by atoms with Gasteiger partial charge in [0.1, 0.15) is 0 Å². The predicted molar refractivity (Wildman–Crippen MR) is 65.9 cm³/mol. The van der Waals surface area contributed by atoms with E-state index in [-0.39, 0.29) is 23.3 Å². The van der Waals surface area contributed by atoms with Gasteiger partial charge < -0.3 is 0 Å². The first kappa shape index (κ1) is 11.8. The lowest BCUT2D eigenvalue weighted by atomic mass is 9.87. The van der Waals surface area contributed by atoms with Crippen LogP contribution in [0.4, 0.5) is 0 Å². The minimum atomic E-state index is -0.173. The Hall–Kier alpha value is -1.64. The summed E-state index contributed by atoms with van der Waals surface area (Å²) in [7, 11) is 0. The second-order valence-corrected chi connectivity index (χ2v) is 5.57. The van der Waals surface area contributed by atoms with Gasteiger partial charge in [0.2, 0.25) is 0 Å². The quantitative estimate of drug-likeness (QED) is 0.697. The number of rotatable bonds is 1. The molecule has 0 aromatic heterocycles. The van der Waals surface area contributed by atoms with Crippen LogP contribution < -0.4 is 0 Å². The number of carbonyl (C=O) groups excluding carboxylic acids is 2. The summed E-state index contributed by atoms with van der Waals surface area (Å²) in [4.78, 5) is 25.8. The molecule has 0 radical (unpaired) electrons. The summed E-state index contributed by atoms with van der Waals surface area (Å²) in [5.74, 6) is -0.346. The Morgan fingerprint density at radius 2 is 1.41 bits per heavy atom. The average molecular weight is 231 g/mol. The molecule has 0 N–H and O–H groups in total. The van der Waals surface area contributed by atoms with E-state index in [4.69, 9.17) is 0 Å². The van der Waals surface area contributed by atoms with Gasteiger partial charge >= 0.3 is 0 Å². The SMILES string of the molecule is CC(N1C(=O)c2ccccc2C1=O)C(C)(C)C. The molecule has 2 rings (SSSR count). The zero-order chi connectivity index (χ0) is 12.8. The summed E-state index contributed by atoms with van der Waals surface area (Å²) >= 11 is 0. The minimum Gasteiger partial charge on any atom is -0.271 e. The van der Waals surface area contributed by atoms with Crippen molar-refractivity contribution in [3.05, 3.63) is 35.4 Å². The van der Waals surface area contributed by atoms with E-state index in [1.165, 1.54) is 4.90 Å². The third kappa shape index (κ3) is 1.75. The summed E-state index contributed by atoms with van der Waals surface area (Å²) in [5, 5.41) is 0. The largest absolute Gasteiger partial charge is 0.271 e. The lowest BCUT2D eigenvalue weighted by Gasteiger charge is -2.33. The van der Waals surface area contributed by atoms with E-state index in [1.807, 2.05) is 27.7 Å². The van der Waals surface area contributed by atoms with Crippen LogP contribution >= 0.6 is 0 Å². The van der Waals surface area contributed by atoms with Crippen molar-refractivity contribution < 1.29 is 9.59 Å². The maximum atomic E-state index is 12.2. The summed E-state index contributed by atoms with van der Waals surface area (Å²) in [6, 6.07) is 6.88. The van der Waals surface area contributed by atoms with E-state index >= 15 is 0 Å². The van der Waals surface area contributed by atoms with Crippen LogP contribution in [0.2, 0.25) is 0 Å². The van der Waals surface area contributed by atoms with Crippen molar-refractivity contribution in [1.82, 2.24) is 4.90 Å². The van der Waals surface area contributed by atoms with Crippen LogP contribution in [0, 0.1) is 5.41 Å². The van der Waals surface area contributed by atoms with Gasteiger partial charge in [0.25, 0.3) is 11.8 Å². The van der Waals surface area contributed by atoms with Gasteiger partial charge in [-0.25, -0.2) is 0 Å². The molecule has 3 nitrogen and oxygen atoms in total. The second kappa shape index (κ2) is 3.69. The molecule has 0 saturated heterocycles. The lowest BCUT2D eigenvalue weighted by molar-refractivity contribution is 0.0485. The number of hydrogen-bond donors (Lipinski definition) is 0. The van der Waals surface area contributed by atoms with Crippen LogP contribution in [0.3, 0.4) is 0 Å². The second-order valence-electron chi connectivity index (χ2n) is 5.57. The zero-order valence-electron chi connectivity index (χ0n) is 10.7. The van der Waals surface area contributed by atoms with Crippen LogP contribution in [0.1, 0.15) is 48.4 Å². The third-order valence-electron chi connectivity index (χ3n) is 3.47. The lowest BCUT2D eigenvalue weighted by Crippen LogP contribution is -2.45. The van der Waals surface area contributed by atoms with Crippen molar-refractivity contribution in [3.63, 3.8) is 0 Å². The number of nitrogens with zero attached hydrogens (tertiary/aromatic N) is 1.